The second-order valence-corrected chi connectivity index (χ2v) is 16.3. The van der Waals surface area contributed by atoms with Crippen LogP contribution in [0.5, 0.6) is 5.75 Å². The Morgan fingerprint density at radius 2 is 1.49 bits per heavy atom. The molecule has 0 saturated heterocycles. The van der Waals surface area contributed by atoms with Crippen LogP contribution in [-0.4, -0.2) is 105 Å². The molecule has 2 atom stereocenters. The summed E-state index contributed by atoms with van der Waals surface area (Å²) in [6, 6.07) is 6.50. The van der Waals surface area contributed by atoms with Gasteiger partial charge < -0.3 is 39.9 Å². The summed E-state index contributed by atoms with van der Waals surface area (Å²) in [5, 5.41) is 17.9. The highest BCUT2D eigenvalue weighted by Crippen LogP contribution is 2.27. The summed E-state index contributed by atoms with van der Waals surface area (Å²) in [4.78, 5) is 49.3. The summed E-state index contributed by atoms with van der Waals surface area (Å²) in [7, 11) is -2.09. The molecule has 0 saturated carbocycles. The quantitative estimate of drug-likeness (QED) is 0.0663. The van der Waals surface area contributed by atoms with Crippen molar-refractivity contribution in [3.8, 4) is 17.2 Å². The Hall–Kier alpha value is -3.74. The highest BCUT2D eigenvalue weighted by atomic mass is 32.2. The molecular weight excluding hydrogens is 705 g/mol. The largest absolute Gasteiger partial charge is 0.492 e. The normalized spacial score (nSPS) is 13.8. The minimum atomic E-state index is -3.63. The van der Waals surface area contributed by atoms with Crippen LogP contribution in [0.25, 0.3) is 11.5 Å². The fraction of sp³-hybridized carbons (Fsp3) is 0.636. The molecule has 0 fully saturated rings. The van der Waals surface area contributed by atoms with Crippen LogP contribution in [0.3, 0.4) is 0 Å². The molecule has 1 aromatic heterocycles. The van der Waals surface area contributed by atoms with Crippen molar-refractivity contribution in [1.82, 2.24) is 31.5 Å². The first-order valence-corrected chi connectivity index (χ1v) is 18.8. The number of carbonyl (C=O) groups is 4. The summed E-state index contributed by atoms with van der Waals surface area (Å²) >= 11 is 4.55. The number of benzene rings is 1. The number of rotatable bonds is 22. The van der Waals surface area contributed by atoms with Crippen LogP contribution in [0.15, 0.2) is 33.9 Å². The van der Waals surface area contributed by atoms with Gasteiger partial charge in [-0.3, -0.25) is 19.2 Å². The van der Waals surface area contributed by atoms with E-state index in [2.05, 4.69) is 44.1 Å². The van der Waals surface area contributed by atoms with Gasteiger partial charge in [-0.2, -0.15) is 0 Å². The van der Waals surface area contributed by atoms with Gasteiger partial charge in [-0.1, -0.05) is 12.0 Å². The molecule has 2 rings (SSSR count). The number of sulfone groups is 1. The maximum Gasteiger partial charge on any atom is 0.335 e. The number of hydrogen-bond acceptors (Lipinski definition) is 13. The Bertz CT molecular complexity index is 1580. The fourth-order valence-electron chi connectivity index (χ4n) is 4.57. The predicted octanol–water partition coefficient (Wildman–Crippen LogP) is 2.05. The van der Waals surface area contributed by atoms with Gasteiger partial charge in [0.15, 0.2) is 0 Å². The van der Waals surface area contributed by atoms with Gasteiger partial charge in [-0.25, -0.2) is 8.42 Å². The van der Waals surface area contributed by atoms with E-state index in [-0.39, 0.29) is 63.3 Å². The van der Waals surface area contributed by atoms with Crippen molar-refractivity contribution < 1.29 is 46.2 Å². The van der Waals surface area contributed by atoms with E-state index in [1.807, 2.05) is 20.8 Å². The molecule has 2 aromatic rings. The number of nitrogens with one attached hydrogen (secondary N) is 4. The van der Waals surface area contributed by atoms with Gasteiger partial charge in [0.05, 0.1) is 36.5 Å². The van der Waals surface area contributed by atoms with Crippen molar-refractivity contribution >= 4 is 46.1 Å². The van der Waals surface area contributed by atoms with E-state index in [9.17, 15) is 27.6 Å². The lowest BCUT2D eigenvalue weighted by Gasteiger charge is -2.35. The Labute approximate surface area is 305 Å². The van der Waals surface area contributed by atoms with E-state index in [4.69, 9.17) is 18.6 Å². The Kier molecular flexibility index (Phi) is 16.3. The lowest BCUT2D eigenvalue weighted by Crippen LogP contribution is -2.48. The van der Waals surface area contributed by atoms with E-state index in [0.717, 1.165) is 6.26 Å². The lowest BCUT2D eigenvalue weighted by molar-refractivity contribution is -0.135. The molecular formula is C33H52N6O10S2. The topological polar surface area (TPSA) is 217 Å². The van der Waals surface area contributed by atoms with Crippen LogP contribution in [0, 0.1) is 5.92 Å². The minimum Gasteiger partial charge on any atom is -0.492 e. The van der Waals surface area contributed by atoms with Gasteiger partial charge in [0.1, 0.15) is 17.3 Å². The number of amides is 4. The molecule has 4 amide bonds. The maximum absolute atomic E-state index is 13.1. The van der Waals surface area contributed by atoms with Gasteiger partial charge >= 0.3 is 5.22 Å². The third kappa shape index (κ3) is 16.4. The molecule has 16 nitrogen and oxygen atoms in total. The average Bonchev–Trinajstić information content (AvgIpc) is 3.53. The maximum atomic E-state index is 13.1. The number of methoxy groups -OCH3 is 1. The van der Waals surface area contributed by atoms with Gasteiger partial charge in [-0.15, -0.1) is 17.7 Å². The minimum absolute atomic E-state index is 0.00519. The summed E-state index contributed by atoms with van der Waals surface area (Å²) in [6.45, 7) is 11.0. The molecule has 0 spiro atoms. The standard InChI is InChI=1S/C33H52N6O10S2/c1-9-10-25(40)35-19-23(20-36-27(42)18-33(6,50)49-32(4,5)21-37-26(41)17-31(2,3)46-7)28(43)34-15-16-47-24-13-11-22(12-14-24)29-38-39-30(48-29)51(8,44)45/h11-14,23,50H,9-10,15-21H2,1-8H3,(H,34,43)(H,35,40)(H,36,42)(H,37,41). The summed E-state index contributed by atoms with van der Waals surface area (Å²) < 4.78 is 45.5. The van der Waals surface area contributed by atoms with Gasteiger partial charge in [0.25, 0.3) is 0 Å². The number of ether oxygens (including phenoxy) is 3. The Morgan fingerprint density at radius 3 is 2.06 bits per heavy atom. The first-order chi connectivity index (χ1) is 23.6. The zero-order chi connectivity index (χ0) is 38.5. The van der Waals surface area contributed by atoms with Crippen LogP contribution in [0.1, 0.15) is 67.2 Å². The van der Waals surface area contributed by atoms with Crippen molar-refractivity contribution in [2.45, 2.75) is 88.6 Å². The van der Waals surface area contributed by atoms with E-state index < -0.39 is 48.9 Å². The van der Waals surface area contributed by atoms with Crippen LogP contribution in [0.2, 0.25) is 0 Å². The summed E-state index contributed by atoms with van der Waals surface area (Å²) in [5.74, 6) is -1.51. The van der Waals surface area contributed by atoms with Crippen LogP contribution in [0.4, 0.5) is 0 Å². The Balaban J connectivity index is 1.89. The molecule has 18 heteroatoms. The molecule has 0 aliphatic heterocycles. The zero-order valence-corrected chi connectivity index (χ0v) is 32.3. The van der Waals surface area contributed by atoms with Gasteiger partial charge in [-0.05, 0) is 65.3 Å². The molecule has 51 heavy (non-hydrogen) atoms. The van der Waals surface area contributed by atoms with Crippen LogP contribution >= 0.6 is 12.6 Å². The second kappa shape index (κ2) is 19.2. The first kappa shape index (κ1) is 43.4. The number of aromatic nitrogens is 2. The fourth-order valence-corrected chi connectivity index (χ4v) is 5.38. The molecule has 0 aliphatic carbocycles. The summed E-state index contributed by atoms with van der Waals surface area (Å²) in [5.41, 5.74) is -0.985. The van der Waals surface area contributed by atoms with Gasteiger partial charge in [0, 0.05) is 45.0 Å². The molecule has 2 unspecified atom stereocenters. The van der Waals surface area contributed by atoms with Crippen LogP contribution in [-0.2, 0) is 38.5 Å². The number of hydrogen-bond donors (Lipinski definition) is 5. The number of nitrogens with zero attached hydrogens (tertiary/aromatic N) is 2. The molecule has 286 valence electrons. The molecule has 1 heterocycles. The molecule has 0 radical (unpaired) electrons. The van der Waals surface area contributed by atoms with E-state index in [1.54, 1.807) is 45.0 Å². The van der Waals surface area contributed by atoms with E-state index >= 15 is 0 Å². The SMILES string of the molecule is CCCC(=O)NCC(CNC(=O)CC(C)(S)OC(C)(C)CNC(=O)CC(C)(C)OC)C(=O)NCCOc1ccc(-c2nnc(S(C)(=O)=O)o2)cc1. The molecule has 1 aromatic carbocycles. The molecule has 4 N–H and O–H groups in total. The molecule has 0 aliphatic rings. The van der Waals surface area contributed by atoms with Crippen molar-refractivity contribution in [3.05, 3.63) is 24.3 Å². The van der Waals surface area contributed by atoms with Crippen molar-refractivity contribution in [1.29, 1.82) is 0 Å². The van der Waals surface area contributed by atoms with Crippen molar-refractivity contribution in [2.75, 3.05) is 46.2 Å². The monoisotopic (exact) mass is 756 g/mol. The van der Waals surface area contributed by atoms with E-state index in [1.165, 1.54) is 7.11 Å². The second-order valence-electron chi connectivity index (χ2n) is 13.5. The Morgan fingerprint density at radius 1 is 0.882 bits per heavy atom. The van der Waals surface area contributed by atoms with Crippen molar-refractivity contribution in [3.63, 3.8) is 0 Å². The lowest BCUT2D eigenvalue weighted by atomic mass is 10.0. The zero-order valence-electron chi connectivity index (χ0n) is 30.6. The first-order valence-electron chi connectivity index (χ1n) is 16.5. The van der Waals surface area contributed by atoms with E-state index in [0.29, 0.717) is 24.2 Å². The van der Waals surface area contributed by atoms with Gasteiger partial charge in [0.2, 0.25) is 39.4 Å². The third-order valence-electron chi connectivity index (χ3n) is 7.27. The smallest absolute Gasteiger partial charge is 0.335 e. The predicted molar refractivity (Wildman–Crippen MR) is 192 cm³/mol. The highest BCUT2D eigenvalue weighted by molar-refractivity contribution is 7.90. The number of carbonyl (C=O) groups excluding carboxylic acids is 4. The third-order valence-corrected chi connectivity index (χ3v) is 8.32. The summed E-state index contributed by atoms with van der Waals surface area (Å²) in [6.07, 6.45) is 1.92. The number of thiol groups is 1. The highest BCUT2D eigenvalue weighted by Gasteiger charge is 2.33. The van der Waals surface area contributed by atoms with Crippen molar-refractivity contribution in [2.24, 2.45) is 5.92 Å². The average molecular weight is 757 g/mol. The van der Waals surface area contributed by atoms with Crippen LogP contribution < -0.4 is 26.0 Å². The molecule has 0 bridgehead atoms.